The predicted octanol–water partition coefficient (Wildman–Crippen LogP) is 6.32. The third-order valence-corrected chi connectivity index (χ3v) is 8.73. The van der Waals surface area contributed by atoms with Crippen LogP contribution in [0.5, 0.6) is 5.75 Å². The molecule has 2 atom stereocenters. The lowest BCUT2D eigenvalue weighted by atomic mass is 9.97. The number of carbonyl (C=O) groups excluding carboxylic acids is 1. The van der Waals surface area contributed by atoms with E-state index in [4.69, 9.17) is 4.74 Å². The molecule has 3 aromatic carbocycles. The van der Waals surface area contributed by atoms with Crippen molar-refractivity contribution in [3.05, 3.63) is 120 Å². The summed E-state index contributed by atoms with van der Waals surface area (Å²) in [5.41, 5.74) is 1.28. The minimum atomic E-state index is -4.71. The molecule has 1 heterocycles. The van der Waals surface area contributed by atoms with Crippen LogP contribution < -0.4 is 14.8 Å². The number of hydrogen-bond donors (Lipinski definition) is 2. The first-order chi connectivity index (χ1) is 21.0. The quantitative estimate of drug-likeness (QED) is 0.204. The second kappa shape index (κ2) is 14.7. The van der Waals surface area contributed by atoms with E-state index in [1.54, 1.807) is 30.3 Å². The fraction of sp³-hybridized carbons (Fsp3) is 0.303. The third-order valence-electron chi connectivity index (χ3n) is 7.26. The fourth-order valence-electron chi connectivity index (χ4n) is 5.08. The number of nitrogens with one attached hydrogen (secondary N) is 2. The van der Waals surface area contributed by atoms with Crippen molar-refractivity contribution in [1.29, 1.82) is 0 Å². The van der Waals surface area contributed by atoms with Gasteiger partial charge in [-0.05, 0) is 41.8 Å². The molecular weight excluding hydrogens is 591 g/mol. The standard InChI is InChI=1S/C33H36F3N3O4S/c1-3-5-18-39(17-4-2)23-24-14-15-28-29(16-19-43-31(28)20-24)37-32(40)22-30(25-10-7-6-8-11-25)38-44(41,42)27-13-9-12-26(21-27)33(34,35)36/h3-4,6-15,20-21,29-30,38H,1-2,5,16-19,22-23H2,(H,37,40). The molecule has 7 nitrogen and oxygen atoms in total. The van der Waals surface area contributed by atoms with Crippen molar-refractivity contribution >= 4 is 15.9 Å². The summed E-state index contributed by atoms with van der Waals surface area (Å²) in [7, 11) is -4.41. The van der Waals surface area contributed by atoms with Gasteiger partial charge < -0.3 is 10.1 Å². The van der Waals surface area contributed by atoms with Crippen LogP contribution in [0.1, 0.15) is 53.6 Å². The molecule has 0 bridgehead atoms. The summed E-state index contributed by atoms with van der Waals surface area (Å²) in [6, 6.07) is 16.4. The Morgan fingerprint density at radius 1 is 1.05 bits per heavy atom. The molecule has 3 aromatic rings. The van der Waals surface area contributed by atoms with Crippen LogP contribution >= 0.6 is 0 Å². The smallest absolute Gasteiger partial charge is 0.416 e. The van der Waals surface area contributed by atoms with E-state index in [0.717, 1.165) is 48.8 Å². The largest absolute Gasteiger partial charge is 0.493 e. The van der Waals surface area contributed by atoms with Gasteiger partial charge in [-0.15, -0.1) is 13.2 Å². The Hall–Kier alpha value is -3.93. The molecule has 0 fully saturated rings. The lowest BCUT2D eigenvalue weighted by Gasteiger charge is -2.29. The Balaban J connectivity index is 1.50. The molecule has 0 aromatic heterocycles. The minimum absolute atomic E-state index is 0.271. The number of carbonyl (C=O) groups is 1. The highest BCUT2D eigenvalue weighted by Crippen LogP contribution is 2.34. The predicted molar refractivity (Wildman–Crippen MR) is 163 cm³/mol. The van der Waals surface area contributed by atoms with Crippen molar-refractivity contribution in [2.75, 3.05) is 19.7 Å². The van der Waals surface area contributed by atoms with Gasteiger partial charge in [-0.25, -0.2) is 13.1 Å². The molecular formula is C33H36F3N3O4S. The minimum Gasteiger partial charge on any atom is -0.493 e. The Bertz CT molecular complexity index is 1560. The van der Waals surface area contributed by atoms with Gasteiger partial charge in [0.1, 0.15) is 5.75 Å². The molecule has 0 radical (unpaired) electrons. The number of halogens is 3. The summed E-state index contributed by atoms with van der Waals surface area (Å²) in [5.74, 6) is 0.250. The highest BCUT2D eigenvalue weighted by Gasteiger charge is 2.33. The van der Waals surface area contributed by atoms with Crippen LogP contribution in [0.25, 0.3) is 0 Å². The lowest BCUT2D eigenvalue weighted by molar-refractivity contribution is -0.137. The maximum Gasteiger partial charge on any atom is 0.416 e. The summed E-state index contributed by atoms with van der Waals surface area (Å²) in [6.45, 7) is 10.3. The van der Waals surface area contributed by atoms with Gasteiger partial charge in [0.2, 0.25) is 15.9 Å². The molecule has 234 valence electrons. The summed E-state index contributed by atoms with van der Waals surface area (Å²) >= 11 is 0. The molecule has 2 N–H and O–H groups in total. The second-order valence-electron chi connectivity index (χ2n) is 10.5. The van der Waals surface area contributed by atoms with Gasteiger partial charge in [0, 0.05) is 38.0 Å². The number of nitrogens with zero attached hydrogens (tertiary/aromatic N) is 1. The van der Waals surface area contributed by atoms with Gasteiger partial charge in [0.25, 0.3) is 0 Å². The average Bonchev–Trinajstić information content (AvgIpc) is 2.99. The summed E-state index contributed by atoms with van der Waals surface area (Å²) in [4.78, 5) is 15.0. The zero-order valence-electron chi connectivity index (χ0n) is 24.2. The van der Waals surface area contributed by atoms with Gasteiger partial charge in [0.05, 0.1) is 29.1 Å². The molecule has 0 saturated heterocycles. The van der Waals surface area contributed by atoms with Crippen LogP contribution in [0.4, 0.5) is 13.2 Å². The van der Waals surface area contributed by atoms with Crippen LogP contribution in [-0.2, 0) is 27.5 Å². The number of hydrogen-bond acceptors (Lipinski definition) is 5. The van der Waals surface area contributed by atoms with Crippen molar-refractivity contribution < 1.29 is 31.1 Å². The monoisotopic (exact) mass is 627 g/mol. The number of rotatable bonds is 14. The molecule has 1 amide bonds. The van der Waals surface area contributed by atoms with Crippen LogP contribution in [0.3, 0.4) is 0 Å². The zero-order chi connectivity index (χ0) is 31.7. The lowest BCUT2D eigenvalue weighted by Crippen LogP contribution is -2.36. The molecule has 0 aliphatic carbocycles. The number of benzene rings is 3. The highest BCUT2D eigenvalue weighted by molar-refractivity contribution is 7.89. The molecule has 44 heavy (non-hydrogen) atoms. The third kappa shape index (κ3) is 8.81. The van der Waals surface area contributed by atoms with E-state index >= 15 is 0 Å². The van der Waals surface area contributed by atoms with Gasteiger partial charge in [-0.1, -0.05) is 60.7 Å². The van der Waals surface area contributed by atoms with Crippen molar-refractivity contribution in [3.8, 4) is 5.75 Å². The van der Waals surface area contributed by atoms with E-state index in [1.165, 1.54) is 0 Å². The van der Waals surface area contributed by atoms with E-state index in [9.17, 15) is 26.4 Å². The number of ether oxygens (including phenoxy) is 1. The van der Waals surface area contributed by atoms with E-state index < -0.39 is 38.6 Å². The van der Waals surface area contributed by atoms with E-state index in [2.05, 4.69) is 28.1 Å². The Labute approximate surface area is 256 Å². The van der Waals surface area contributed by atoms with Crippen LogP contribution in [0, 0.1) is 0 Å². The maximum absolute atomic E-state index is 13.3. The first kappa shape index (κ1) is 33.0. The highest BCUT2D eigenvalue weighted by atomic mass is 32.2. The first-order valence-electron chi connectivity index (χ1n) is 14.2. The van der Waals surface area contributed by atoms with Crippen molar-refractivity contribution in [3.63, 3.8) is 0 Å². The number of alkyl halides is 3. The van der Waals surface area contributed by atoms with Crippen LogP contribution in [0.15, 0.2) is 103 Å². The zero-order valence-corrected chi connectivity index (χ0v) is 25.0. The van der Waals surface area contributed by atoms with Gasteiger partial charge in [-0.2, -0.15) is 13.2 Å². The molecule has 0 spiro atoms. The van der Waals surface area contributed by atoms with Crippen LogP contribution in [0.2, 0.25) is 0 Å². The topological polar surface area (TPSA) is 87.7 Å². The number of fused-ring (bicyclic) bond motifs is 1. The summed E-state index contributed by atoms with van der Waals surface area (Å²) < 4.78 is 74.5. The number of amides is 1. The molecule has 1 aliphatic rings. The average molecular weight is 628 g/mol. The summed E-state index contributed by atoms with van der Waals surface area (Å²) in [5, 5.41) is 3.00. The maximum atomic E-state index is 13.3. The fourth-order valence-corrected chi connectivity index (χ4v) is 6.35. The van der Waals surface area contributed by atoms with E-state index in [1.807, 2.05) is 30.4 Å². The first-order valence-corrected chi connectivity index (χ1v) is 15.7. The second-order valence-corrected chi connectivity index (χ2v) is 12.3. The SMILES string of the molecule is C=CCCN(CC=C)Cc1ccc2c(c1)OCCC2NC(=O)CC(NS(=O)(=O)c1cccc(C(F)(F)F)c1)c1ccccc1. The van der Waals surface area contributed by atoms with Crippen molar-refractivity contribution in [1.82, 2.24) is 14.9 Å². The molecule has 11 heteroatoms. The van der Waals surface area contributed by atoms with Gasteiger partial charge >= 0.3 is 6.18 Å². The summed E-state index contributed by atoms with van der Waals surface area (Å²) in [6.07, 6.45) is 0.119. The van der Waals surface area contributed by atoms with Crippen molar-refractivity contribution in [2.24, 2.45) is 0 Å². The molecule has 4 rings (SSSR count). The van der Waals surface area contributed by atoms with Gasteiger partial charge in [-0.3, -0.25) is 9.69 Å². The molecule has 0 saturated carbocycles. The Kier molecular flexibility index (Phi) is 11.0. The Morgan fingerprint density at radius 2 is 1.82 bits per heavy atom. The molecule has 1 aliphatic heterocycles. The Morgan fingerprint density at radius 3 is 2.52 bits per heavy atom. The van der Waals surface area contributed by atoms with E-state index in [-0.39, 0.29) is 12.5 Å². The van der Waals surface area contributed by atoms with Crippen molar-refractivity contribution in [2.45, 2.75) is 49.0 Å². The normalized spacial score (nSPS) is 15.6. The molecule has 2 unspecified atom stereocenters. The van der Waals surface area contributed by atoms with Gasteiger partial charge in [0.15, 0.2) is 0 Å². The number of sulfonamides is 1. The van der Waals surface area contributed by atoms with Crippen LogP contribution in [-0.4, -0.2) is 38.9 Å². The van der Waals surface area contributed by atoms with E-state index in [0.29, 0.717) is 37.0 Å².